The van der Waals surface area contributed by atoms with Crippen molar-refractivity contribution in [3.63, 3.8) is 0 Å². The van der Waals surface area contributed by atoms with Gasteiger partial charge < -0.3 is 4.74 Å². The molecule has 0 aromatic carbocycles. The van der Waals surface area contributed by atoms with Gasteiger partial charge in [-0.1, -0.05) is 33.1 Å². The highest BCUT2D eigenvalue weighted by molar-refractivity contribution is 5.89. The molecule has 2 fully saturated rings. The second kappa shape index (κ2) is 6.78. The summed E-state index contributed by atoms with van der Waals surface area (Å²) in [4.78, 5) is 15.4. The molecule has 1 spiro atoms. The lowest BCUT2D eigenvalue weighted by Gasteiger charge is -2.46. The maximum absolute atomic E-state index is 13.1. The largest absolute Gasteiger partial charge is 0.375 e. The molecule has 0 N–H and O–H groups in total. The van der Waals surface area contributed by atoms with Gasteiger partial charge in [0.05, 0.1) is 11.1 Å². The smallest absolute Gasteiger partial charge is 0.155 e. The van der Waals surface area contributed by atoms with Gasteiger partial charge in [0.25, 0.3) is 0 Å². The molecule has 0 amide bonds. The molecule has 2 aliphatic rings. The van der Waals surface area contributed by atoms with Crippen molar-refractivity contribution in [3.8, 4) is 0 Å². The van der Waals surface area contributed by atoms with Crippen molar-refractivity contribution in [2.24, 2.45) is 5.92 Å². The Morgan fingerprint density at radius 3 is 2.38 bits per heavy atom. The Morgan fingerprint density at radius 2 is 1.81 bits per heavy atom. The Morgan fingerprint density at radius 1 is 1.19 bits per heavy atom. The Kier molecular flexibility index (Phi) is 5.48. The van der Waals surface area contributed by atoms with Crippen LogP contribution in [0.5, 0.6) is 0 Å². The number of nitrogens with zero attached hydrogens (tertiary/aromatic N) is 1. The third kappa shape index (κ3) is 3.50. The first-order chi connectivity index (χ1) is 9.95. The number of rotatable bonds is 5. The molecule has 0 bridgehead atoms. The van der Waals surface area contributed by atoms with Gasteiger partial charge in [-0.2, -0.15) is 0 Å². The number of carbonyl (C=O) groups is 1. The van der Waals surface area contributed by atoms with E-state index in [4.69, 9.17) is 4.74 Å². The molecule has 0 aromatic rings. The Hall–Kier alpha value is -0.410. The predicted molar refractivity (Wildman–Crippen MR) is 86.5 cm³/mol. The molecule has 1 unspecified atom stereocenters. The summed E-state index contributed by atoms with van der Waals surface area (Å²) in [6, 6.07) is 0. The molecule has 3 heteroatoms. The van der Waals surface area contributed by atoms with E-state index in [0.29, 0.717) is 5.78 Å². The van der Waals surface area contributed by atoms with Crippen LogP contribution in [-0.4, -0.2) is 41.5 Å². The zero-order chi connectivity index (χ0) is 15.5. The van der Waals surface area contributed by atoms with E-state index >= 15 is 0 Å². The van der Waals surface area contributed by atoms with Crippen molar-refractivity contribution in [1.29, 1.82) is 0 Å². The molecule has 3 nitrogen and oxygen atoms in total. The van der Waals surface area contributed by atoms with Crippen LogP contribution in [0.4, 0.5) is 0 Å². The van der Waals surface area contributed by atoms with E-state index in [1.807, 2.05) is 0 Å². The van der Waals surface area contributed by atoms with E-state index in [0.717, 1.165) is 45.4 Å². The number of likely N-dealkylation sites (N-methyl/N-ethyl adjacent to an activating group) is 1. The average Bonchev–Trinajstić information content (AvgIpc) is 2.48. The number of carbonyl (C=O) groups excluding carboxylic acids is 1. The lowest BCUT2D eigenvalue weighted by molar-refractivity contribution is -0.151. The highest BCUT2D eigenvalue weighted by Crippen LogP contribution is 2.42. The van der Waals surface area contributed by atoms with Gasteiger partial charge in [0, 0.05) is 12.5 Å². The third-order valence-corrected chi connectivity index (χ3v) is 5.79. The summed E-state index contributed by atoms with van der Waals surface area (Å²) in [5, 5.41) is 0. The van der Waals surface area contributed by atoms with Gasteiger partial charge in [-0.3, -0.25) is 9.69 Å². The molecule has 0 radical (unpaired) electrons. The second-order valence-electron chi connectivity index (χ2n) is 7.38. The van der Waals surface area contributed by atoms with Crippen molar-refractivity contribution in [2.45, 2.75) is 83.8 Å². The summed E-state index contributed by atoms with van der Waals surface area (Å²) in [6.07, 6.45) is 8.03. The number of Topliss-reactive ketones (excluding diaryl/α,β-unsaturated/α-hetero) is 1. The fourth-order valence-electron chi connectivity index (χ4n) is 4.47. The highest BCUT2D eigenvalue weighted by Gasteiger charge is 2.45. The van der Waals surface area contributed by atoms with E-state index in [-0.39, 0.29) is 17.1 Å². The predicted octanol–water partition coefficient (Wildman–Crippen LogP) is 3.81. The van der Waals surface area contributed by atoms with Gasteiger partial charge in [-0.25, -0.2) is 0 Å². The highest BCUT2D eigenvalue weighted by atomic mass is 16.5. The summed E-state index contributed by atoms with van der Waals surface area (Å²) in [6.45, 7) is 11.1. The van der Waals surface area contributed by atoms with Gasteiger partial charge in [-0.15, -0.1) is 0 Å². The van der Waals surface area contributed by atoms with E-state index in [9.17, 15) is 4.79 Å². The van der Waals surface area contributed by atoms with Gasteiger partial charge in [0.1, 0.15) is 0 Å². The molecular weight excluding hydrogens is 262 g/mol. The Balaban J connectivity index is 2.08. The minimum Gasteiger partial charge on any atom is -0.375 e. The van der Waals surface area contributed by atoms with E-state index in [1.54, 1.807) is 0 Å². The number of ketones is 1. The molecule has 0 aromatic heterocycles. The van der Waals surface area contributed by atoms with Gasteiger partial charge in [0.15, 0.2) is 5.78 Å². The van der Waals surface area contributed by atoms with Crippen LogP contribution in [0.15, 0.2) is 0 Å². The van der Waals surface area contributed by atoms with Crippen LogP contribution in [0.3, 0.4) is 0 Å². The summed E-state index contributed by atoms with van der Waals surface area (Å²) in [7, 11) is 0. The fraction of sp³-hybridized carbons (Fsp3) is 0.944. The monoisotopic (exact) mass is 295 g/mol. The quantitative estimate of drug-likeness (QED) is 0.772. The van der Waals surface area contributed by atoms with Crippen molar-refractivity contribution in [1.82, 2.24) is 4.90 Å². The molecule has 1 aliphatic carbocycles. The first-order valence-electron chi connectivity index (χ1n) is 8.88. The lowest BCUT2D eigenvalue weighted by Crippen LogP contribution is -2.54. The van der Waals surface area contributed by atoms with E-state index < -0.39 is 0 Å². The number of ether oxygens (including phenoxy) is 1. The molecule has 1 aliphatic heterocycles. The molecule has 2 rings (SSSR count). The molecule has 21 heavy (non-hydrogen) atoms. The average molecular weight is 295 g/mol. The van der Waals surface area contributed by atoms with E-state index in [1.165, 1.54) is 19.3 Å². The normalized spacial score (nSPS) is 26.2. The molecule has 122 valence electrons. The number of hydrogen-bond donors (Lipinski definition) is 0. The zero-order valence-electron chi connectivity index (χ0n) is 14.4. The van der Waals surface area contributed by atoms with Gasteiger partial charge in [-0.05, 0) is 52.6 Å². The molecule has 1 atom stereocenters. The zero-order valence-corrected chi connectivity index (χ0v) is 14.4. The SMILES string of the molecule is CCN(CC)C(C)(C)C(=O)C1CCOC2(CCCCC2)C1. The van der Waals surface area contributed by atoms with Crippen LogP contribution in [0.1, 0.15) is 72.6 Å². The maximum Gasteiger partial charge on any atom is 0.155 e. The lowest BCUT2D eigenvalue weighted by atomic mass is 9.72. The van der Waals surface area contributed by atoms with Crippen molar-refractivity contribution < 1.29 is 9.53 Å². The molecule has 1 saturated carbocycles. The van der Waals surface area contributed by atoms with Crippen LogP contribution >= 0.6 is 0 Å². The van der Waals surface area contributed by atoms with Crippen LogP contribution in [0.2, 0.25) is 0 Å². The van der Waals surface area contributed by atoms with Crippen molar-refractivity contribution >= 4 is 5.78 Å². The van der Waals surface area contributed by atoms with Crippen LogP contribution in [0.25, 0.3) is 0 Å². The first kappa shape index (κ1) is 17.0. The van der Waals surface area contributed by atoms with Crippen molar-refractivity contribution in [3.05, 3.63) is 0 Å². The minimum atomic E-state index is -0.346. The number of hydrogen-bond acceptors (Lipinski definition) is 3. The van der Waals surface area contributed by atoms with Crippen LogP contribution < -0.4 is 0 Å². The summed E-state index contributed by atoms with van der Waals surface area (Å²) in [5.74, 6) is 0.617. The minimum absolute atomic E-state index is 0.0240. The second-order valence-corrected chi connectivity index (χ2v) is 7.38. The fourth-order valence-corrected chi connectivity index (χ4v) is 4.47. The summed E-state index contributed by atoms with van der Waals surface area (Å²) < 4.78 is 6.15. The van der Waals surface area contributed by atoms with E-state index in [2.05, 4.69) is 32.6 Å². The Labute approximate surface area is 130 Å². The summed E-state index contributed by atoms with van der Waals surface area (Å²) >= 11 is 0. The van der Waals surface area contributed by atoms with Gasteiger partial charge >= 0.3 is 0 Å². The molecular formula is C18H33NO2. The summed E-state index contributed by atoms with van der Waals surface area (Å²) in [5.41, 5.74) is -0.322. The topological polar surface area (TPSA) is 29.5 Å². The third-order valence-electron chi connectivity index (χ3n) is 5.79. The van der Waals surface area contributed by atoms with Crippen LogP contribution in [-0.2, 0) is 9.53 Å². The van der Waals surface area contributed by atoms with Crippen molar-refractivity contribution in [2.75, 3.05) is 19.7 Å². The maximum atomic E-state index is 13.1. The first-order valence-corrected chi connectivity index (χ1v) is 8.88. The standard InChI is InChI=1S/C18H33NO2/c1-5-19(6-2)17(3,4)16(20)15-10-13-21-18(14-15)11-8-7-9-12-18/h15H,5-14H2,1-4H3. The van der Waals surface area contributed by atoms with Crippen LogP contribution in [0, 0.1) is 5.92 Å². The molecule has 1 heterocycles. The Bertz CT molecular complexity index is 349. The molecule has 1 saturated heterocycles. The van der Waals surface area contributed by atoms with Gasteiger partial charge in [0.2, 0.25) is 0 Å².